The molecule has 3 aromatic heterocycles. The van der Waals surface area contributed by atoms with Crippen LogP contribution in [0.5, 0.6) is 5.75 Å². The maximum Gasteiger partial charge on any atom is 0.433 e. The van der Waals surface area contributed by atoms with E-state index in [2.05, 4.69) is 15.0 Å². The topological polar surface area (TPSA) is 132 Å². The second-order valence-electron chi connectivity index (χ2n) is 10.3. The standard InChI is InChI=1S/C29H27F3N6O4/c1-15(33)25-24(27(39)37-13-11-16(12-14-37)38-20-6-4-3-5-19(20)34-28(38)40)36-26(42-25)18-7-9-21(41-2)23-17(18)8-10-22(35-23)29(30,31)32/h3-10,15-16H,11-14,33H2,1-2H3,(H,34,40). The smallest absolute Gasteiger partial charge is 0.433 e. The Morgan fingerprint density at radius 1 is 1.12 bits per heavy atom. The van der Waals surface area contributed by atoms with Gasteiger partial charge in [-0.2, -0.15) is 13.2 Å². The van der Waals surface area contributed by atoms with Crippen LogP contribution in [0.1, 0.15) is 53.8 Å². The number of H-pyrrole nitrogens is 1. The number of hydrogen-bond donors (Lipinski definition) is 2. The summed E-state index contributed by atoms with van der Waals surface area (Å²) in [5.41, 5.74) is 6.82. The van der Waals surface area contributed by atoms with Crippen molar-refractivity contribution in [2.24, 2.45) is 5.73 Å². The van der Waals surface area contributed by atoms with Gasteiger partial charge in [-0.1, -0.05) is 12.1 Å². The van der Waals surface area contributed by atoms with Gasteiger partial charge in [0.1, 0.15) is 17.0 Å². The Bertz CT molecular complexity index is 1870. The lowest BCUT2D eigenvalue weighted by Crippen LogP contribution is -2.41. The average molecular weight is 581 g/mol. The zero-order valence-corrected chi connectivity index (χ0v) is 22.7. The quantitative estimate of drug-likeness (QED) is 0.297. The molecule has 6 rings (SSSR count). The third-order valence-corrected chi connectivity index (χ3v) is 7.57. The molecule has 0 spiro atoms. The van der Waals surface area contributed by atoms with Gasteiger partial charge in [0.25, 0.3) is 5.91 Å². The molecule has 0 saturated carbocycles. The number of nitrogens with one attached hydrogen (secondary N) is 1. The summed E-state index contributed by atoms with van der Waals surface area (Å²) in [4.78, 5) is 39.1. The molecule has 0 aliphatic carbocycles. The van der Waals surface area contributed by atoms with Crippen molar-refractivity contribution in [3.63, 3.8) is 0 Å². The van der Waals surface area contributed by atoms with Crippen molar-refractivity contribution in [1.82, 2.24) is 24.4 Å². The third-order valence-electron chi connectivity index (χ3n) is 7.57. The van der Waals surface area contributed by atoms with E-state index in [0.29, 0.717) is 36.9 Å². The number of carbonyl (C=O) groups is 1. The lowest BCUT2D eigenvalue weighted by Gasteiger charge is -2.32. The summed E-state index contributed by atoms with van der Waals surface area (Å²) >= 11 is 0. The number of para-hydroxylation sites is 2. The fraction of sp³-hybridized carbons (Fsp3) is 0.310. The number of pyridine rings is 1. The third kappa shape index (κ3) is 4.69. The zero-order chi connectivity index (χ0) is 29.8. The van der Waals surface area contributed by atoms with Crippen LogP contribution in [0.15, 0.2) is 57.7 Å². The van der Waals surface area contributed by atoms with Gasteiger partial charge in [0.05, 0.1) is 24.2 Å². The molecular formula is C29H27F3N6O4. The van der Waals surface area contributed by atoms with Crippen molar-refractivity contribution in [3.8, 4) is 17.2 Å². The number of alkyl halides is 3. The van der Waals surface area contributed by atoms with Gasteiger partial charge < -0.3 is 24.8 Å². The van der Waals surface area contributed by atoms with Crippen LogP contribution < -0.4 is 16.2 Å². The molecule has 1 aliphatic heterocycles. The van der Waals surface area contributed by atoms with Crippen molar-refractivity contribution < 1.29 is 27.1 Å². The van der Waals surface area contributed by atoms with E-state index in [1.54, 1.807) is 22.5 Å². The predicted molar refractivity (Wildman–Crippen MR) is 148 cm³/mol. The molecule has 13 heteroatoms. The first-order valence-electron chi connectivity index (χ1n) is 13.4. The van der Waals surface area contributed by atoms with Gasteiger partial charge in [-0.25, -0.2) is 14.8 Å². The molecule has 1 saturated heterocycles. The number of likely N-dealkylation sites (tertiary alicyclic amines) is 1. The number of nitrogens with zero attached hydrogens (tertiary/aromatic N) is 4. The minimum absolute atomic E-state index is 0.0205. The number of rotatable bonds is 5. The molecular weight excluding hydrogens is 553 g/mol. The molecule has 1 atom stereocenters. The van der Waals surface area contributed by atoms with Gasteiger partial charge >= 0.3 is 11.9 Å². The lowest BCUT2D eigenvalue weighted by molar-refractivity contribution is -0.140. The summed E-state index contributed by atoms with van der Waals surface area (Å²) in [7, 11) is 1.34. The van der Waals surface area contributed by atoms with Crippen molar-refractivity contribution in [1.29, 1.82) is 0 Å². The summed E-state index contributed by atoms with van der Waals surface area (Å²) in [5, 5.41) is 0.309. The fourth-order valence-corrected chi connectivity index (χ4v) is 5.52. The normalized spacial score (nSPS) is 15.4. The number of halogens is 3. The Hall–Kier alpha value is -4.65. The van der Waals surface area contributed by atoms with Crippen molar-refractivity contribution in [2.45, 2.75) is 38.0 Å². The number of hydrogen-bond acceptors (Lipinski definition) is 7. The molecule has 0 radical (unpaired) electrons. The van der Waals surface area contributed by atoms with E-state index >= 15 is 0 Å². The van der Waals surface area contributed by atoms with Gasteiger partial charge in [-0.3, -0.25) is 9.36 Å². The molecule has 1 amide bonds. The van der Waals surface area contributed by atoms with Crippen LogP contribution in [0.2, 0.25) is 0 Å². The van der Waals surface area contributed by atoms with E-state index < -0.39 is 17.9 Å². The van der Waals surface area contributed by atoms with Crippen LogP contribution >= 0.6 is 0 Å². The lowest BCUT2D eigenvalue weighted by atomic mass is 10.0. The summed E-state index contributed by atoms with van der Waals surface area (Å²) in [6.45, 7) is 2.41. The van der Waals surface area contributed by atoms with Crippen LogP contribution in [0.4, 0.5) is 13.2 Å². The number of aromatic amines is 1. The Labute approximate surface area is 236 Å². The number of oxazole rings is 1. The molecule has 10 nitrogen and oxygen atoms in total. The first-order valence-corrected chi connectivity index (χ1v) is 13.4. The second-order valence-corrected chi connectivity index (χ2v) is 10.3. The van der Waals surface area contributed by atoms with Crippen LogP contribution in [0.25, 0.3) is 33.4 Å². The highest BCUT2D eigenvalue weighted by molar-refractivity contribution is 5.98. The summed E-state index contributed by atoms with van der Waals surface area (Å²) in [5.74, 6) is -0.0430. The van der Waals surface area contributed by atoms with Gasteiger partial charge in [0.2, 0.25) is 5.89 Å². The molecule has 3 N–H and O–H groups in total. The minimum atomic E-state index is -4.64. The monoisotopic (exact) mass is 580 g/mol. The van der Waals surface area contributed by atoms with Crippen molar-refractivity contribution in [2.75, 3.05) is 20.2 Å². The first-order chi connectivity index (χ1) is 20.1. The van der Waals surface area contributed by atoms with Crippen molar-refractivity contribution in [3.05, 3.63) is 76.2 Å². The maximum absolute atomic E-state index is 13.7. The number of amides is 1. The SMILES string of the molecule is COc1ccc(-c2nc(C(=O)N3CCC(n4c(=O)[nH]c5ccccc54)CC3)c(C(C)N)o2)c2ccc(C(F)(F)F)nc12. The molecule has 1 unspecified atom stereocenters. The summed E-state index contributed by atoms with van der Waals surface area (Å²) < 4.78 is 53.1. The van der Waals surface area contributed by atoms with Crippen LogP contribution in [0.3, 0.4) is 0 Å². The molecule has 5 aromatic rings. The van der Waals surface area contributed by atoms with Gasteiger partial charge in [0.15, 0.2) is 11.5 Å². The molecule has 4 heterocycles. The zero-order valence-electron chi connectivity index (χ0n) is 22.7. The predicted octanol–water partition coefficient (Wildman–Crippen LogP) is 5.06. The minimum Gasteiger partial charge on any atom is -0.494 e. The molecule has 0 bridgehead atoms. The number of aromatic nitrogens is 4. The Morgan fingerprint density at radius 3 is 2.55 bits per heavy atom. The molecule has 42 heavy (non-hydrogen) atoms. The largest absolute Gasteiger partial charge is 0.494 e. The van der Waals surface area contributed by atoms with E-state index in [0.717, 1.165) is 17.1 Å². The van der Waals surface area contributed by atoms with E-state index in [1.807, 2.05) is 24.3 Å². The van der Waals surface area contributed by atoms with Crippen molar-refractivity contribution >= 4 is 27.8 Å². The van der Waals surface area contributed by atoms with E-state index in [1.165, 1.54) is 19.2 Å². The van der Waals surface area contributed by atoms with Gasteiger partial charge in [0, 0.05) is 30.1 Å². The van der Waals surface area contributed by atoms with Crippen LogP contribution in [0, 0.1) is 0 Å². The highest BCUT2D eigenvalue weighted by Gasteiger charge is 2.34. The molecule has 1 fully saturated rings. The van der Waals surface area contributed by atoms with Gasteiger partial charge in [-0.05, 0) is 56.2 Å². The fourth-order valence-electron chi connectivity index (χ4n) is 5.52. The Kier molecular flexibility index (Phi) is 6.76. The number of ether oxygens (including phenoxy) is 1. The van der Waals surface area contributed by atoms with Crippen LogP contribution in [-0.2, 0) is 6.18 Å². The first kappa shape index (κ1) is 27.5. The summed E-state index contributed by atoms with van der Waals surface area (Å²) in [6.07, 6.45) is -3.53. The summed E-state index contributed by atoms with van der Waals surface area (Å²) in [6, 6.07) is 11.9. The van der Waals surface area contributed by atoms with E-state index in [4.69, 9.17) is 14.9 Å². The van der Waals surface area contributed by atoms with E-state index in [-0.39, 0.29) is 46.2 Å². The number of benzene rings is 2. The number of imidazole rings is 1. The number of carbonyl (C=O) groups excluding carboxylic acids is 1. The average Bonchev–Trinajstić information content (AvgIpc) is 3.57. The molecule has 218 valence electrons. The van der Waals surface area contributed by atoms with Crippen LogP contribution in [-0.4, -0.2) is 50.5 Å². The highest BCUT2D eigenvalue weighted by Crippen LogP contribution is 2.38. The molecule has 1 aliphatic rings. The number of nitrogens with two attached hydrogens (primary N) is 1. The number of fused-ring (bicyclic) bond motifs is 2. The maximum atomic E-state index is 13.7. The second kappa shape index (κ2) is 10.3. The number of methoxy groups -OCH3 is 1. The Balaban J connectivity index is 1.31. The van der Waals surface area contributed by atoms with E-state index in [9.17, 15) is 22.8 Å². The number of piperidine rings is 1. The molecule has 2 aromatic carbocycles. The Morgan fingerprint density at radius 2 is 1.86 bits per heavy atom. The van der Waals surface area contributed by atoms with Gasteiger partial charge in [-0.15, -0.1) is 0 Å². The highest BCUT2D eigenvalue weighted by atomic mass is 19.4.